The van der Waals surface area contributed by atoms with Crippen molar-refractivity contribution in [2.75, 3.05) is 18.0 Å². The van der Waals surface area contributed by atoms with Crippen LogP contribution < -0.4 is 16.4 Å². The normalized spacial score (nSPS) is 20.8. The zero-order chi connectivity index (χ0) is 11.5. The Kier molecular flexibility index (Phi) is 3.05. The Morgan fingerprint density at radius 1 is 1.56 bits per heavy atom. The lowest BCUT2D eigenvalue weighted by Crippen LogP contribution is -2.42. The van der Waals surface area contributed by atoms with Crippen LogP contribution in [0.1, 0.15) is 23.3 Å². The number of carbonyl (C=O) groups excluding carboxylic acids is 1. The third-order valence-electron chi connectivity index (χ3n) is 2.82. The molecule has 1 saturated heterocycles. The number of aromatic nitrogens is 1. The van der Waals surface area contributed by atoms with Gasteiger partial charge in [-0.15, -0.1) is 0 Å². The summed E-state index contributed by atoms with van der Waals surface area (Å²) >= 11 is 0. The van der Waals surface area contributed by atoms with Gasteiger partial charge in [-0.2, -0.15) is 0 Å². The predicted octanol–water partition coefficient (Wildman–Crippen LogP) is 0.108. The summed E-state index contributed by atoms with van der Waals surface area (Å²) in [4.78, 5) is 17.1. The smallest absolute Gasteiger partial charge is 0.267 e. The third kappa shape index (κ3) is 2.30. The van der Waals surface area contributed by atoms with Crippen LogP contribution in [0.15, 0.2) is 18.3 Å². The van der Waals surface area contributed by atoms with E-state index < -0.39 is 5.91 Å². The molecule has 0 aliphatic carbocycles. The van der Waals surface area contributed by atoms with Gasteiger partial charge in [0.05, 0.1) is 0 Å². The summed E-state index contributed by atoms with van der Waals surface area (Å²) in [7, 11) is 0. The first-order valence-corrected chi connectivity index (χ1v) is 5.43. The minimum atomic E-state index is -0.497. The number of nitrogens with two attached hydrogens (primary N) is 2. The van der Waals surface area contributed by atoms with Crippen molar-refractivity contribution in [2.24, 2.45) is 11.5 Å². The van der Waals surface area contributed by atoms with Gasteiger partial charge in [-0.05, 0) is 25.0 Å². The lowest BCUT2D eigenvalue weighted by molar-refractivity contribution is 0.0995. The van der Waals surface area contributed by atoms with E-state index in [1.165, 1.54) is 0 Å². The van der Waals surface area contributed by atoms with E-state index in [0.717, 1.165) is 31.6 Å². The summed E-state index contributed by atoms with van der Waals surface area (Å²) in [5.41, 5.74) is 12.4. The van der Waals surface area contributed by atoms with E-state index in [1.807, 2.05) is 6.07 Å². The van der Waals surface area contributed by atoms with Crippen molar-refractivity contribution < 1.29 is 4.79 Å². The van der Waals surface area contributed by atoms with Gasteiger partial charge in [-0.1, -0.05) is 0 Å². The van der Waals surface area contributed by atoms with Crippen molar-refractivity contribution in [3.05, 3.63) is 24.0 Å². The Balaban J connectivity index is 2.19. The highest BCUT2D eigenvalue weighted by atomic mass is 16.1. The van der Waals surface area contributed by atoms with Crippen molar-refractivity contribution in [1.82, 2.24) is 4.98 Å². The monoisotopic (exact) mass is 220 g/mol. The summed E-state index contributed by atoms with van der Waals surface area (Å²) in [5.74, 6) is -0.497. The van der Waals surface area contributed by atoms with Gasteiger partial charge in [0.25, 0.3) is 5.91 Å². The molecule has 1 aromatic heterocycles. The van der Waals surface area contributed by atoms with E-state index in [0.29, 0.717) is 5.69 Å². The summed E-state index contributed by atoms with van der Waals surface area (Å²) in [5, 5.41) is 0. The highest BCUT2D eigenvalue weighted by Crippen LogP contribution is 2.19. The van der Waals surface area contributed by atoms with E-state index in [4.69, 9.17) is 11.5 Å². The first-order valence-electron chi connectivity index (χ1n) is 5.43. The molecule has 16 heavy (non-hydrogen) atoms. The number of piperidine rings is 1. The van der Waals surface area contributed by atoms with E-state index in [9.17, 15) is 4.79 Å². The number of amides is 1. The minimum absolute atomic E-state index is 0.207. The number of hydrogen-bond acceptors (Lipinski definition) is 4. The fourth-order valence-corrected chi connectivity index (χ4v) is 2.00. The standard InChI is InChI=1S/C11H16N4O/c12-8-2-1-5-15(7-8)9-3-4-14-10(6-9)11(13)16/h3-4,6,8H,1-2,5,7,12H2,(H2,13,16). The first-order chi connectivity index (χ1) is 7.66. The molecule has 4 N–H and O–H groups in total. The zero-order valence-electron chi connectivity index (χ0n) is 9.10. The van der Waals surface area contributed by atoms with Crippen molar-refractivity contribution >= 4 is 11.6 Å². The van der Waals surface area contributed by atoms with Crippen LogP contribution in [0.25, 0.3) is 0 Å². The second-order valence-electron chi connectivity index (χ2n) is 4.11. The first kappa shape index (κ1) is 10.9. The lowest BCUT2D eigenvalue weighted by Gasteiger charge is -2.32. The van der Waals surface area contributed by atoms with Crippen molar-refractivity contribution in [3.63, 3.8) is 0 Å². The van der Waals surface area contributed by atoms with Crippen LogP contribution in [0.4, 0.5) is 5.69 Å². The maximum atomic E-state index is 11.0. The van der Waals surface area contributed by atoms with Crippen LogP contribution in [0.3, 0.4) is 0 Å². The average Bonchev–Trinajstić information content (AvgIpc) is 2.29. The molecule has 1 aliphatic heterocycles. The van der Waals surface area contributed by atoms with Gasteiger partial charge in [-0.3, -0.25) is 9.78 Å². The van der Waals surface area contributed by atoms with Gasteiger partial charge >= 0.3 is 0 Å². The molecule has 1 aromatic rings. The highest BCUT2D eigenvalue weighted by Gasteiger charge is 2.17. The molecule has 5 heteroatoms. The quantitative estimate of drug-likeness (QED) is 0.740. The maximum Gasteiger partial charge on any atom is 0.267 e. The molecule has 0 radical (unpaired) electrons. The van der Waals surface area contributed by atoms with E-state index >= 15 is 0 Å². The molecule has 0 bridgehead atoms. The van der Waals surface area contributed by atoms with Crippen LogP contribution in [0.2, 0.25) is 0 Å². The number of hydrogen-bond donors (Lipinski definition) is 2. The fraction of sp³-hybridized carbons (Fsp3) is 0.455. The van der Waals surface area contributed by atoms with Crippen molar-refractivity contribution in [3.8, 4) is 0 Å². The van der Waals surface area contributed by atoms with E-state index in [2.05, 4.69) is 9.88 Å². The van der Waals surface area contributed by atoms with Gasteiger partial charge < -0.3 is 16.4 Å². The van der Waals surface area contributed by atoms with Crippen LogP contribution >= 0.6 is 0 Å². The summed E-state index contributed by atoms with van der Waals surface area (Å²) in [6, 6.07) is 3.81. The maximum absolute atomic E-state index is 11.0. The summed E-state index contributed by atoms with van der Waals surface area (Å²) in [6.07, 6.45) is 3.75. The third-order valence-corrected chi connectivity index (χ3v) is 2.82. The molecular formula is C11H16N4O. The van der Waals surface area contributed by atoms with Gasteiger partial charge in [-0.25, -0.2) is 0 Å². The Morgan fingerprint density at radius 2 is 2.38 bits per heavy atom. The molecule has 1 aliphatic rings. The molecule has 2 rings (SSSR count). The zero-order valence-corrected chi connectivity index (χ0v) is 9.10. The fourth-order valence-electron chi connectivity index (χ4n) is 2.00. The number of pyridine rings is 1. The Bertz CT molecular complexity index is 393. The van der Waals surface area contributed by atoms with E-state index in [-0.39, 0.29) is 6.04 Å². The number of nitrogens with zero attached hydrogens (tertiary/aromatic N) is 2. The molecule has 2 heterocycles. The molecule has 0 spiro atoms. The lowest BCUT2D eigenvalue weighted by atomic mass is 10.1. The average molecular weight is 220 g/mol. The van der Waals surface area contributed by atoms with Gasteiger partial charge in [0, 0.05) is 31.0 Å². The Labute approximate surface area is 94.4 Å². The molecule has 1 amide bonds. The van der Waals surface area contributed by atoms with Gasteiger partial charge in [0.2, 0.25) is 0 Å². The number of anilines is 1. The summed E-state index contributed by atoms with van der Waals surface area (Å²) < 4.78 is 0. The highest BCUT2D eigenvalue weighted by molar-refractivity contribution is 5.91. The molecule has 1 fully saturated rings. The molecular weight excluding hydrogens is 204 g/mol. The van der Waals surface area contributed by atoms with Gasteiger partial charge in [0.1, 0.15) is 5.69 Å². The van der Waals surface area contributed by atoms with Crippen molar-refractivity contribution in [2.45, 2.75) is 18.9 Å². The van der Waals surface area contributed by atoms with Gasteiger partial charge in [0.15, 0.2) is 0 Å². The van der Waals surface area contributed by atoms with Crippen LogP contribution in [0, 0.1) is 0 Å². The molecule has 0 aromatic carbocycles. The minimum Gasteiger partial charge on any atom is -0.370 e. The molecule has 5 nitrogen and oxygen atoms in total. The molecule has 86 valence electrons. The van der Waals surface area contributed by atoms with E-state index in [1.54, 1.807) is 12.3 Å². The molecule has 0 saturated carbocycles. The largest absolute Gasteiger partial charge is 0.370 e. The summed E-state index contributed by atoms with van der Waals surface area (Å²) in [6.45, 7) is 1.79. The predicted molar refractivity (Wildman–Crippen MR) is 62.2 cm³/mol. The van der Waals surface area contributed by atoms with Crippen LogP contribution in [0.5, 0.6) is 0 Å². The number of primary amides is 1. The number of carbonyl (C=O) groups is 1. The Morgan fingerprint density at radius 3 is 3.06 bits per heavy atom. The SMILES string of the molecule is NC(=O)c1cc(N2CCCC(N)C2)ccn1. The topological polar surface area (TPSA) is 85.2 Å². The second-order valence-corrected chi connectivity index (χ2v) is 4.11. The van der Waals surface area contributed by atoms with Crippen LogP contribution in [-0.2, 0) is 0 Å². The van der Waals surface area contributed by atoms with Crippen LogP contribution in [-0.4, -0.2) is 30.0 Å². The van der Waals surface area contributed by atoms with Crippen molar-refractivity contribution in [1.29, 1.82) is 0 Å². The Hall–Kier alpha value is -1.62. The number of rotatable bonds is 2. The molecule has 1 unspecified atom stereocenters. The second kappa shape index (κ2) is 4.49. The molecule has 1 atom stereocenters.